The monoisotopic (exact) mass is 337 g/mol. The van der Waals surface area contributed by atoms with Gasteiger partial charge < -0.3 is 10.1 Å². The van der Waals surface area contributed by atoms with Crippen LogP contribution in [0, 0.1) is 0 Å². The van der Waals surface area contributed by atoms with Crippen molar-refractivity contribution < 1.29 is 9.53 Å². The molecular weight excluding hydrogens is 322 g/mol. The molecule has 1 aromatic carbocycles. The number of fused-ring (bicyclic) bond motifs is 1. The molecule has 3 aromatic rings. The van der Waals surface area contributed by atoms with Crippen molar-refractivity contribution in [2.45, 2.75) is 18.9 Å². The summed E-state index contributed by atoms with van der Waals surface area (Å²) in [6.07, 6.45) is 2.91. The first kappa shape index (κ1) is 14.8. The highest BCUT2D eigenvalue weighted by Gasteiger charge is 2.36. The summed E-state index contributed by atoms with van der Waals surface area (Å²) in [5.74, 6) is 1.16. The lowest BCUT2D eigenvalue weighted by Gasteiger charge is -2.14. The van der Waals surface area contributed by atoms with E-state index < -0.39 is 6.10 Å². The molecule has 0 saturated heterocycles. The number of carbonyl (C=O) groups is 1. The van der Waals surface area contributed by atoms with Crippen molar-refractivity contribution in [2.24, 2.45) is 0 Å². The van der Waals surface area contributed by atoms with Crippen LogP contribution in [0.25, 0.3) is 10.6 Å². The Bertz CT molecular complexity index is 879. The SMILES string of the molecule is C[C@@H]1c2ccccc2O[C@@H]1C(=O)Nc1csc(-c2ccncc2)n1. The lowest BCUT2D eigenvalue weighted by atomic mass is 9.97. The van der Waals surface area contributed by atoms with Gasteiger partial charge in [0.15, 0.2) is 6.10 Å². The summed E-state index contributed by atoms with van der Waals surface area (Å²) >= 11 is 1.48. The second-order valence-corrected chi connectivity index (χ2v) is 6.49. The number of ether oxygens (including phenoxy) is 1. The van der Waals surface area contributed by atoms with E-state index in [1.807, 2.05) is 48.7 Å². The Hall–Kier alpha value is -2.73. The van der Waals surface area contributed by atoms with Gasteiger partial charge in [-0.25, -0.2) is 4.98 Å². The average molecular weight is 337 g/mol. The van der Waals surface area contributed by atoms with Crippen molar-refractivity contribution in [3.8, 4) is 16.3 Å². The van der Waals surface area contributed by atoms with E-state index in [1.165, 1.54) is 11.3 Å². The number of nitrogens with zero attached hydrogens (tertiary/aromatic N) is 2. The minimum absolute atomic E-state index is 0.0134. The predicted molar refractivity (Wildman–Crippen MR) is 93.2 cm³/mol. The molecule has 0 saturated carbocycles. The first-order valence-electron chi connectivity index (χ1n) is 7.65. The highest BCUT2D eigenvalue weighted by atomic mass is 32.1. The first-order valence-corrected chi connectivity index (χ1v) is 8.53. The van der Waals surface area contributed by atoms with E-state index in [9.17, 15) is 4.79 Å². The molecule has 3 heterocycles. The Morgan fingerprint density at radius 3 is 2.79 bits per heavy atom. The van der Waals surface area contributed by atoms with Crippen LogP contribution in [0.5, 0.6) is 5.75 Å². The molecule has 2 aromatic heterocycles. The molecule has 4 rings (SSSR count). The topological polar surface area (TPSA) is 64.1 Å². The minimum Gasteiger partial charge on any atom is -0.480 e. The van der Waals surface area contributed by atoms with Crippen LogP contribution in [-0.2, 0) is 4.79 Å². The summed E-state index contributed by atoms with van der Waals surface area (Å²) in [7, 11) is 0. The summed E-state index contributed by atoms with van der Waals surface area (Å²) in [5.41, 5.74) is 2.04. The second kappa shape index (κ2) is 6.05. The number of anilines is 1. The van der Waals surface area contributed by atoms with Gasteiger partial charge in [-0.2, -0.15) is 0 Å². The molecule has 0 fully saturated rings. The molecule has 0 spiro atoms. The summed E-state index contributed by atoms with van der Waals surface area (Å²) in [4.78, 5) is 21.0. The van der Waals surface area contributed by atoms with Crippen molar-refractivity contribution >= 4 is 23.1 Å². The Morgan fingerprint density at radius 2 is 2.00 bits per heavy atom. The zero-order valence-electron chi connectivity index (χ0n) is 13.0. The van der Waals surface area contributed by atoms with Crippen LogP contribution >= 0.6 is 11.3 Å². The number of pyridine rings is 1. The van der Waals surface area contributed by atoms with Crippen LogP contribution in [0.15, 0.2) is 54.2 Å². The third-order valence-corrected chi connectivity index (χ3v) is 4.95. The zero-order valence-corrected chi connectivity index (χ0v) is 13.8. The van der Waals surface area contributed by atoms with Gasteiger partial charge in [-0.3, -0.25) is 9.78 Å². The lowest BCUT2D eigenvalue weighted by molar-refractivity contribution is -0.122. The Kier molecular flexibility index (Phi) is 3.74. The molecule has 1 N–H and O–H groups in total. The number of aromatic nitrogens is 2. The summed E-state index contributed by atoms with van der Waals surface area (Å²) in [5, 5.41) is 5.54. The fourth-order valence-electron chi connectivity index (χ4n) is 2.80. The van der Waals surface area contributed by atoms with Gasteiger partial charge in [0.1, 0.15) is 16.6 Å². The largest absolute Gasteiger partial charge is 0.480 e. The van der Waals surface area contributed by atoms with Gasteiger partial charge >= 0.3 is 0 Å². The van der Waals surface area contributed by atoms with Crippen LogP contribution in [0.2, 0.25) is 0 Å². The number of hydrogen-bond donors (Lipinski definition) is 1. The van der Waals surface area contributed by atoms with Crippen LogP contribution in [0.3, 0.4) is 0 Å². The fourth-order valence-corrected chi connectivity index (χ4v) is 3.56. The van der Waals surface area contributed by atoms with Crippen LogP contribution < -0.4 is 10.1 Å². The van der Waals surface area contributed by atoms with Gasteiger partial charge in [-0.1, -0.05) is 25.1 Å². The van der Waals surface area contributed by atoms with Crippen molar-refractivity contribution in [3.05, 3.63) is 59.7 Å². The molecule has 0 bridgehead atoms. The molecule has 5 nitrogen and oxygen atoms in total. The lowest BCUT2D eigenvalue weighted by Crippen LogP contribution is -2.33. The summed E-state index contributed by atoms with van der Waals surface area (Å²) in [6, 6.07) is 11.5. The number of para-hydroxylation sites is 1. The van der Waals surface area contributed by atoms with Gasteiger partial charge in [-0.15, -0.1) is 11.3 Å². The Balaban J connectivity index is 1.49. The normalized spacial score (nSPS) is 18.7. The summed E-state index contributed by atoms with van der Waals surface area (Å²) in [6.45, 7) is 2.00. The number of amides is 1. The number of thiazole rings is 1. The molecule has 0 unspecified atom stereocenters. The van der Waals surface area contributed by atoms with E-state index in [0.29, 0.717) is 5.82 Å². The predicted octanol–water partition coefficient (Wildman–Crippen LogP) is 3.71. The van der Waals surface area contributed by atoms with Gasteiger partial charge in [-0.05, 0) is 18.2 Å². The van der Waals surface area contributed by atoms with Crippen molar-refractivity contribution in [1.82, 2.24) is 9.97 Å². The number of nitrogens with one attached hydrogen (secondary N) is 1. The van der Waals surface area contributed by atoms with Gasteiger partial charge in [0.2, 0.25) is 0 Å². The summed E-state index contributed by atoms with van der Waals surface area (Å²) < 4.78 is 5.80. The smallest absolute Gasteiger partial charge is 0.267 e. The molecule has 1 amide bonds. The standard InChI is InChI=1S/C18H15N3O2S/c1-11-13-4-2-3-5-14(13)23-16(11)17(22)20-15-10-24-18(21-15)12-6-8-19-9-7-12/h2-11,16H,1H3,(H,20,22)/t11-,16+/m1/s1. The maximum absolute atomic E-state index is 12.6. The number of rotatable bonds is 3. The third kappa shape index (κ3) is 2.65. The van der Waals surface area contributed by atoms with E-state index in [1.54, 1.807) is 12.4 Å². The number of hydrogen-bond acceptors (Lipinski definition) is 5. The fraction of sp³-hybridized carbons (Fsp3) is 0.167. The molecule has 6 heteroatoms. The van der Waals surface area contributed by atoms with Crippen molar-refractivity contribution in [2.75, 3.05) is 5.32 Å². The maximum Gasteiger partial charge on any atom is 0.267 e. The molecule has 1 aliphatic heterocycles. The minimum atomic E-state index is -0.534. The second-order valence-electron chi connectivity index (χ2n) is 5.63. The Labute approximate surface area is 143 Å². The zero-order chi connectivity index (χ0) is 16.5. The highest BCUT2D eigenvalue weighted by molar-refractivity contribution is 7.13. The van der Waals surface area contributed by atoms with E-state index in [2.05, 4.69) is 15.3 Å². The van der Waals surface area contributed by atoms with E-state index in [-0.39, 0.29) is 11.8 Å². The van der Waals surface area contributed by atoms with Gasteiger partial charge in [0.25, 0.3) is 5.91 Å². The van der Waals surface area contributed by atoms with Gasteiger partial charge in [0.05, 0.1) is 0 Å². The van der Waals surface area contributed by atoms with E-state index in [0.717, 1.165) is 21.9 Å². The van der Waals surface area contributed by atoms with Crippen LogP contribution in [0.4, 0.5) is 5.82 Å². The molecule has 0 radical (unpaired) electrons. The average Bonchev–Trinajstić information content (AvgIpc) is 3.21. The van der Waals surface area contributed by atoms with Crippen LogP contribution in [0.1, 0.15) is 18.4 Å². The van der Waals surface area contributed by atoms with E-state index in [4.69, 9.17) is 4.74 Å². The first-order chi connectivity index (χ1) is 11.7. The van der Waals surface area contributed by atoms with Crippen molar-refractivity contribution in [3.63, 3.8) is 0 Å². The van der Waals surface area contributed by atoms with Crippen LogP contribution in [-0.4, -0.2) is 22.0 Å². The van der Waals surface area contributed by atoms with Crippen molar-refractivity contribution in [1.29, 1.82) is 0 Å². The molecule has 24 heavy (non-hydrogen) atoms. The van der Waals surface area contributed by atoms with Gasteiger partial charge in [0, 0.05) is 34.8 Å². The number of benzene rings is 1. The number of carbonyl (C=O) groups excluding carboxylic acids is 1. The quantitative estimate of drug-likeness (QED) is 0.791. The molecule has 2 atom stereocenters. The molecular formula is C18H15N3O2S. The molecule has 1 aliphatic rings. The highest BCUT2D eigenvalue weighted by Crippen LogP contribution is 2.38. The maximum atomic E-state index is 12.6. The molecule has 0 aliphatic carbocycles. The third-order valence-electron chi connectivity index (χ3n) is 4.06. The molecule has 120 valence electrons. The van der Waals surface area contributed by atoms with E-state index >= 15 is 0 Å². The Morgan fingerprint density at radius 1 is 1.21 bits per heavy atom.